The third-order valence-electron chi connectivity index (χ3n) is 12.3. The maximum atomic E-state index is 13.3. The second-order valence-electron chi connectivity index (χ2n) is 20.2. The van der Waals surface area contributed by atoms with E-state index in [1.807, 2.05) is 41.5 Å². The topological polar surface area (TPSA) is 234 Å². The number of esters is 5. The number of ether oxygens (including phenoxy) is 8. The standard InChI is InChI=1S/C25H44O9.C16H28O5.C11H22O3/c1-8-11-13-32-21(29)24(6,10-3)18-25(7,22(30)33-15-14-31-12-9-2)17-23(4,5)20(28)34-16-19(26)27;1-5-16(4,11-15(2,3)13(17)18)14(19)21-10-12-8-6-7-9-20-12;1-4-6-7-13-8-9-14-11(12)10(3)5-2/h8-18H2,1-7H3,(H,26,27);12H,5-11H2,1-4H3,(H,17,18);10H,4-9H2,1-3H3. The summed E-state index contributed by atoms with van der Waals surface area (Å²) in [5.41, 5.74) is -5.17. The molecular formula is C52H94O17. The van der Waals surface area contributed by atoms with Crippen LogP contribution in [0.4, 0.5) is 0 Å². The Balaban J connectivity index is 0. The third kappa shape index (κ3) is 28.0. The number of carboxylic acid groups (broad SMARTS) is 2. The lowest BCUT2D eigenvalue weighted by atomic mass is 9.65. The predicted octanol–water partition coefficient (Wildman–Crippen LogP) is 9.56. The Morgan fingerprint density at radius 1 is 0.551 bits per heavy atom. The molecule has 0 aromatic carbocycles. The normalized spacial score (nSPS) is 16.8. The quantitative estimate of drug-likeness (QED) is 0.0354. The van der Waals surface area contributed by atoms with Gasteiger partial charge in [0, 0.05) is 19.8 Å². The van der Waals surface area contributed by atoms with Crippen molar-refractivity contribution in [2.75, 3.05) is 66.1 Å². The van der Waals surface area contributed by atoms with Crippen molar-refractivity contribution in [3.05, 3.63) is 0 Å². The zero-order valence-electron chi connectivity index (χ0n) is 45.1. The van der Waals surface area contributed by atoms with Crippen molar-refractivity contribution in [3.8, 4) is 0 Å². The lowest BCUT2D eigenvalue weighted by Gasteiger charge is -2.39. The summed E-state index contributed by atoms with van der Waals surface area (Å²) < 4.78 is 42.4. The highest BCUT2D eigenvalue weighted by Gasteiger charge is 2.50. The number of carbonyl (C=O) groups excluding carboxylic acids is 5. The van der Waals surface area contributed by atoms with E-state index >= 15 is 0 Å². The Morgan fingerprint density at radius 3 is 1.57 bits per heavy atom. The van der Waals surface area contributed by atoms with Gasteiger partial charge in [-0.3, -0.25) is 28.8 Å². The number of hydrogen-bond acceptors (Lipinski definition) is 15. The number of hydrogen-bond donors (Lipinski definition) is 2. The van der Waals surface area contributed by atoms with E-state index in [-0.39, 0.29) is 63.0 Å². The van der Waals surface area contributed by atoms with Crippen LogP contribution in [0.15, 0.2) is 0 Å². The maximum absolute atomic E-state index is 13.3. The molecule has 2 N–H and O–H groups in total. The van der Waals surface area contributed by atoms with Gasteiger partial charge >= 0.3 is 41.8 Å². The van der Waals surface area contributed by atoms with Crippen molar-refractivity contribution in [1.82, 2.24) is 0 Å². The fourth-order valence-corrected chi connectivity index (χ4v) is 7.41. The molecule has 5 unspecified atom stereocenters. The molecule has 1 rings (SSSR count). The van der Waals surface area contributed by atoms with Gasteiger partial charge in [-0.05, 0) is 126 Å². The molecular weight excluding hydrogens is 897 g/mol. The molecule has 17 heteroatoms. The summed E-state index contributed by atoms with van der Waals surface area (Å²) in [6, 6.07) is 0. The second kappa shape index (κ2) is 35.3. The van der Waals surface area contributed by atoms with E-state index in [1.54, 1.807) is 48.5 Å². The van der Waals surface area contributed by atoms with E-state index in [0.29, 0.717) is 39.3 Å². The van der Waals surface area contributed by atoms with Gasteiger partial charge in [0.2, 0.25) is 0 Å². The molecule has 0 spiro atoms. The van der Waals surface area contributed by atoms with E-state index in [0.717, 1.165) is 71.0 Å². The average Bonchev–Trinajstić information content (AvgIpc) is 3.30. The average molecular weight is 991 g/mol. The zero-order chi connectivity index (χ0) is 53.3. The predicted molar refractivity (Wildman–Crippen MR) is 261 cm³/mol. The Morgan fingerprint density at radius 2 is 1.06 bits per heavy atom. The monoisotopic (exact) mass is 991 g/mol. The van der Waals surface area contributed by atoms with Crippen LogP contribution in [0.3, 0.4) is 0 Å². The highest BCUT2D eigenvalue weighted by Crippen LogP contribution is 2.46. The minimum absolute atomic E-state index is 0.00522. The first-order valence-corrected chi connectivity index (χ1v) is 25.3. The molecule has 1 heterocycles. The van der Waals surface area contributed by atoms with Crippen molar-refractivity contribution in [1.29, 1.82) is 0 Å². The molecule has 1 aliphatic heterocycles. The molecule has 0 radical (unpaired) electrons. The minimum atomic E-state index is -1.27. The van der Waals surface area contributed by atoms with Gasteiger partial charge in [0.05, 0.1) is 58.9 Å². The molecule has 1 fully saturated rings. The second-order valence-corrected chi connectivity index (χ2v) is 20.2. The van der Waals surface area contributed by atoms with Crippen LogP contribution in [0.5, 0.6) is 0 Å². The van der Waals surface area contributed by atoms with Crippen molar-refractivity contribution in [2.24, 2.45) is 33.0 Å². The fraction of sp³-hybridized carbons (Fsp3) is 0.865. The van der Waals surface area contributed by atoms with Gasteiger partial charge in [-0.2, -0.15) is 0 Å². The molecule has 0 aromatic rings. The summed E-state index contributed by atoms with van der Waals surface area (Å²) >= 11 is 0. The molecule has 1 aliphatic rings. The Hall–Kier alpha value is -3.83. The molecule has 69 heavy (non-hydrogen) atoms. The van der Waals surface area contributed by atoms with E-state index in [4.69, 9.17) is 43.0 Å². The van der Waals surface area contributed by atoms with Crippen molar-refractivity contribution in [3.63, 3.8) is 0 Å². The number of carboxylic acids is 2. The van der Waals surface area contributed by atoms with Crippen LogP contribution in [0.1, 0.15) is 187 Å². The Kier molecular flexibility index (Phi) is 34.4. The first-order chi connectivity index (χ1) is 32.2. The number of rotatable bonds is 33. The molecule has 0 aromatic heterocycles. The van der Waals surface area contributed by atoms with Crippen LogP contribution < -0.4 is 0 Å². The summed E-state index contributed by atoms with van der Waals surface area (Å²) in [6.45, 7) is 28.3. The van der Waals surface area contributed by atoms with E-state index in [1.165, 1.54) is 0 Å². The summed E-state index contributed by atoms with van der Waals surface area (Å²) in [7, 11) is 0. The molecule has 0 saturated carbocycles. The molecule has 1 saturated heterocycles. The lowest BCUT2D eigenvalue weighted by molar-refractivity contribution is -0.171. The molecule has 0 bridgehead atoms. The third-order valence-corrected chi connectivity index (χ3v) is 12.3. The van der Waals surface area contributed by atoms with Gasteiger partial charge in [0.15, 0.2) is 6.61 Å². The Labute approximate surface area is 414 Å². The van der Waals surface area contributed by atoms with Crippen LogP contribution in [0.25, 0.3) is 0 Å². The van der Waals surface area contributed by atoms with Gasteiger partial charge < -0.3 is 48.1 Å². The first-order valence-electron chi connectivity index (χ1n) is 25.3. The van der Waals surface area contributed by atoms with Crippen molar-refractivity contribution < 1.29 is 81.7 Å². The minimum Gasteiger partial charge on any atom is -0.481 e. The van der Waals surface area contributed by atoms with Gasteiger partial charge in [-0.1, -0.05) is 61.3 Å². The number of aliphatic carboxylic acids is 2. The maximum Gasteiger partial charge on any atom is 0.341 e. The van der Waals surface area contributed by atoms with Gasteiger partial charge in [0.1, 0.15) is 19.8 Å². The smallest absolute Gasteiger partial charge is 0.341 e. The largest absolute Gasteiger partial charge is 0.481 e. The van der Waals surface area contributed by atoms with E-state index in [2.05, 4.69) is 6.92 Å². The summed E-state index contributed by atoms with van der Waals surface area (Å²) in [4.78, 5) is 84.4. The highest BCUT2D eigenvalue weighted by atomic mass is 16.6. The van der Waals surface area contributed by atoms with E-state index in [9.17, 15) is 38.7 Å². The summed E-state index contributed by atoms with van der Waals surface area (Å²) in [5.74, 6) is -4.32. The zero-order valence-corrected chi connectivity index (χ0v) is 45.1. The van der Waals surface area contributed by atoms with Crippen LogP contribution in [-0.4, -0.2) is 124 Å². The first kappa shape index (κ1) is 67.2. The summed E-state index contributed by atoms with van der Waals surface area (Å²) in [5, 5.41) is 18.1. The Bertz CT molecular complexity index is 1510. The number of carbonyl (C=O) groups is 7. The van der Waals surface area contributed by atoms with Gasteiger partial charge in [0.25, 0.3) is 0 Å². The van der Waals surface area contributed by atoms with Crippen LogP contribution in [-0.2, 0) is 71.5 Å². The van der Waals surface area contributed by atoms with Gasteiger partial charge in [-0.25, -0.2) is 4.79 Å². The van der Waals surface area contributed by atoms with Crippen LogP contribution in [0, 0.1) is 33.0 Å². The number of unbranched alkanes of at least 4 members (excludes halogenated alkanes) is 2. The van der Waals surface area contributed by atoms with E-state index < -0.39 is 63.5 Å². The van der Waals surface area contributed by atoms with Crippen LogP contribution >= 0.6 is 0 Å². The molecule has 0 aliphatic carbocycles. The lowest BCUT2D eigenvalue weighted by Crippen LogP contribution is -2.44. The fourth-order valence-electron chi connectivity index (χ4n) is 7.41. The molecule has 0 amide bonds. The summed E-state index contributed by atoms with van der Waals surface area (Å²) in [6.07, 6.45) is 9.86. The van der Waals surface area contributed by atoms with Crippen LogP contribution in [0.2, 0.25) is 0 Å². The van der Waals surface area contributed by atoms with Crippen molar-refractivity contribution in [2.45, 2.75) is 193 Å². The molecule has 5 atom stereocenters. The van der Waals surface area contributed by atoms with Crippen molar-refractivity contribution >= 4 is 41.8 Å². The van der Waals surface area contributed by atoms with Gasteiger partial charge in [-0.15, -0.1) is 0 Å². The highest BCUT2D eigenvalue weighted by molar-refractivity contribution is 5.83. The SMILES string of the molecule is CCC(C)(CC(C)(C)C(=O)O)C(=O)OCC1CCCCO1.CCCCOC(=O)C(C)(CC)CC(C)(CC(C)(C)C(=O)OCC(=O)O)C(=O)OCCOCCC.CCCCOCCOC(=O)C(C)CC. The molecule has 404 valence electrons. The molecule has 17 nitrogen and oxygen atoms in total.